The Morgan fingerprint density at radius 3 is 2.67 bits per heavy atom. The average molecular weight is 286 g/mol. The molecule has 0 aromatic carbocycles. The van der Waals surface area contributed by atoms with Gasteiger partial charge >= 0.3 is 0 Å². The van der Waals surface area contributed by atoms with Gasteiger partial charge in [-0.3, -0.25) is 4.79 Å². The molecule has 1 N–H and O–H groups in total. The van der Waals surface area contributed by atoms with Gasteiger partial charge in [-0.05, 0) is 18.2 Å². The second-order valence-electron chi connectivity index (χ2n) is 3.32. The Hall–Kier alpha value is -1.72. The molecule has 0 spiro atoms. The van der Waals surface area contributed by atoms with Gasteiger partial charge in [0, 0.05) is 0 Å². The maximum Gasteiger partial charge on any atom is 0.258 e. The van der Waals surface area contributed by atoms with Gasteiger partial charge in [0.2, 0.25) is 0 Å². The largest absolute Gasteiger partial charge is 0.320 e. The minimum atomic E-state index is -0.640. The summed E-state index contributed by atoms with van der Waals surface area (Å²) in [7, 11) is 0. The van der Waals surface area contributed by atoms with Crippen LogP contribution >= 0.6 is 23.2 Å². The average Bonchev–Trinajstić information content (AvgIpc) is 2.35. The van der Waals surface area contributed by atoms with Gasteiger partial charge in [-0.2, -0.15) is 0 Å². The first-order valence-corrected chi connectivity index (χ1v) is 5.56. The number of hydrogen-bond acceptors (Lipinski definition) is 3. The predicted octanol–water partition coefficient (Wildman–Crippen LogP) is 3.17. The van der Waals surface area contributed by atoms with E-state index in [4.69, 9.17) is 23.2 Å². The number of halogens is 3. The molecule has 2 aromatic heterocycles. The van der Waals surface area contributed by atoms with Crippen LogP contribution < -0.4 is 5.32 Å². The molecule has 4 nitrogen and oxygen atoms in total. The first-order chi connectivity index (χ1) is 8.56. The summed E-state index contributed by atoms with van der Waals surface area (Å²) in [5, 5.41) is 2.73. The van der Waals surface area contributed by atoms with E-state index in [1.807, 2.05) is 0 Å². The summed E-state index contributed by atoms with van der Waals surface area (Å²) in [6.07, 6.45) is 2.31. The van der Waals surface area contributed by atoms with E-state index < -0.39 is 11.7 Å². The normalized spacial score (nSPS) is 10.2. The third-order valence-corrected chi connectivity index (χ3v) is 2.56. The number of aromatic nitrogens is 2. The maximum atomic E-state index is 13.0. The number of amides is 1. The highest BCUT2D eigenvalue weighted by Gasteiger charge is 2.13. The lowest BCUT2D eigenvalue weighted by atomic mass is 10.2. The van der Waals surface area contributed by atoms with Crippen molar-refractivity contribution in [3.05, 3.63) is 52.3 Å². The second-order valence-corrected chi connectivity index (χ2v) is 4.06. The molecule has 2 rings (SSSR count). The number of hydrogen-bond donors (Lipinski definition) is 1. The summed E-state index contributed by atoms with van der Waals surface area (Å²) in [4.78, 5) is 19.2. The van der Waals surface area contributed by atoms with Gasteiger partial charge in [-0.1, -0.05) is 23.2 Å². The third-order valence-electron chi connectivity index (χ3n) is 2.04. The Bertz CT molecular complexity index is 589. The lowest BCUT2D eigenvalue weighted by molar-refractivity contribution is 0.102. The minimum Gasteiger partial charge on any atom is -0.320 e. The van der Waals surface area contributed by atoms with Gasteiger partial charge in [0.15, 0.2) is 0 Å². The molecule has 0 atom stereocenters. The van der Waals surface area contributed by atoms with E-state index in [9.17, 15) is 9.18 Å². The summed E-state index contributed by atoms with van der Waals surface area (Å²) < 4.78 is 13.0. The van der Waals surface area contributed by atoms with Crippen molar-refractivity contribution in [1.82, 2.24) is 9.97 Å². The standard InChI is InChI=1S/C11H6Cl2FN3O/c12-9-2-1-7(5-15-9)17-11(18)8-3-6(14)4-16-10(8)13/h1-5H,(H,17,18). The molecule has 0 saturated carbocycles. The molecule has 0 saturated heterocycles. The molecule has 2 aromatic rings. The zero-order valence-electron chi connectivity index (χ0n) is 8.82. The van der Waals surface area contributed by atoms with E-state index >= 15 is 0 Å². The summed E-state index contributed by atoms with van der Waals surface area (Å²) in [6.45, 7) is 0. The van der Waals surface area contributed by atoms with Gasteiger partial charge in [0.05, 0.1) is 23.6 Å². The number of nitrogens with one attached hydrogen (secondary N) is 1. The minimum absolute atomic E-state index is 0.0494. The van der Waals surface area contributed by atoms with E-state index in [2.05, 4.69) is 15.3 Å². The molecular weight excluding hydrogens is 280 g/mol. The van der Waals surface area contributed by atoms with Crippen LogP contribution in [0, 0.1) is 5.82 Å². The molecule has 0 aliphatic heterocycles. The highest BCUT2D eigenvalue weighted by atomic mass is 35.5. The molecule has 0 fully saturated rings. The number of carbonyl (C=O) groups is 1. The molecule has 0 unspecified atom stereocenters. The number of carbonyl (C=O) groups excluding carboxylic acids is 1. The van der Waals surface area contributed by atoms with Crippen molar-refractivity contribution in [3.63, 3.8) is 0 Å². The lowest BCUT2D eigenvalue weighted by Crippen LogP contribution is -2.13. The molecule has 18 heavy (non-hydrogen) atoms. The van der Waals surface area contributed by atoms with Crippen LogP contribution in [0.25, 0.3) is 0 Å². The van der Waals surface area contributed by atoms with E-state index in [1.165, 1.54) is 12.3 Å². The third kappa shape index (κ3) is 2.94. The Labute approximate surface area is 112 Å². The first-order valence-electron chi connectivity index (χ1n) is 4.80. The molecule has 1 amide bonds. The first kappa shape index (κ1) is 12.7. The maximum absolute atomic E-state index is 13.0. The van der Waals surface area contributed by atoms with Crippen LogP contribution in [-0.2, 0) is 0 Å². The number of anilines is 1. The van der Waals surface area contributed by atoms with Crippen molar-refractivity contribution >= 4 is 34.8 Å². The molecule has 0 bridgehead atoms. The SMILES string of the molecule is O=C(Nc1ccc(Cl)nc1)c1cc(F)cnc1Cl. The predicted molar refractivity (Wildman–Crippen MR) is 66.4 cm³/mol. The summed E-state index contributed by atoms with van der Waals surface area (Å²) >= 11 is 11.3. The molecular formula is C11H6Cl2FN3O. The molecule has 0 aliphatic rings. The van der Waals surface area contributed by atoms with Gasteiger partial charge in [-0.25, -0.2) is 14.4 Å². The van der Waals surface area contributed by atoms with Crippen LogP contribution in [0.5, 0.6) is 0 Å². The van der Waals surface area contributed by atoms with Crippen molar-refractivity contribution in [2.75, 3.05) is 5.32 Å². The Morgan fingerprint density at radius 2 is 2.00 bits per heavy atom. The van der Waals surface area contributed by atoms with Crippen LogP contribution in [0.15, 0.2) is 30.6 Å². The zero-order chi connectivity index (χ0) is 13.1. The zero-order valence-corrected chi connectivity index (χ0v) is 10.3. The van der Waals surface area contributed by atoms with Gasteiger partial charge < -0.3 is 5.32 Å². The van der Waals surface area contributed by atoms with Crippen molar-refractivity contribution in [2.24, 2.45) is 0 Å². The van der Waals surface area contributed by atoms with E-state index in [0.29, 0.717) is 10.8 Å². The van der Waals surface area contributed by atoms with Crippen LogP contribution in [0.4, 0.5) is 10.1 Å². The molecule has 0 radical (unpaired) electrons. The Kier molecular flexibility index (Phi) is 3.74. The highest BCUT2D eigenvalue weighted by molar-refractivity contribution is 6.33. The van der Waals surface area contributed by atoms with Gasteiger partial charge in [-0.15, -0.1) is 0 Å². The van der Waals surface area contributed by atoms with Crippen molar-refractivity contribution in [1.29, 1.82) is 0 Å². The van der Waals surface area contributed by atoms with E-state index in [1.54, 1.807) is 6.07 Å². The van der Waals surface area contributed by atoms with Crippen molar-refractivity contribution < 1.29 is 9.18 Å². The van der Waals surface area contributed by atoms with Crippen LogP contribution in [0.1, 0.15) is 10.4 Å². The fourth-order valence-corrected chi connectivity index (χ4v) is 1.53. The van der Waals surface area contributed by atoms with Crippen molar-refractivity contribution in [2.45, 2.75) is 0 Å². The summed E-state index contributed by atoms with van der Waals surface area (Å²) in [5.41, 5.74) is 0.372. The van der Waals surface area contributed by atoms with Gasteiger partial charge in [0.1, 0.15) is 16.1 Å². The van der Waals surface area contributed by atoms with E-state index in [-0.39, 0.29) is 10.7 Å². The second kappa shape index (κ2) is 5.29. The van der Waals surface area contributed by atoms with Crippen molar-refractivity contribution in [3.8, 4) is 0 Å². The molecule has 92 valence electrons. The fourth-order valence-electron chi connectivity index (χ4n) is 1.23. The lowest BCUT2D eigenvalue weighted by Gasteiger charge is -2.05. The quantitative estimate of drug-likeness (QED) is 0.863. The number of nitrogens with zero attached hydrogens (tertiary/aromatic N) is 2. The highest BCUT2D eigenvalue weighted by Crippen LogP contribution is 2.16. The topological polar surface area (TPSA) is 54.9 Å². The fraction of sp³-hybridized carbons (Fsp3) is 0. The smallest absolute Gasteiger partial charge is 0.258 e. The Balaban J connectivity index is 2.21. The van der Waals surface area contributed by atoms with Gasteiger partial charge in [0.25, 0.3) is 5.91 Å². The number of pyridine rings is 2. The number of rotatable bonds is 2. The molecule has 7 heteroatoms. The van der Waals surface area contributed by atoms with Crippen LogP contribution in [-0.4, -0.2) is 15.9 Å². The summed E-state index contributed by atoms with van der Waals surface area (Å²) in [6, 6.07) is 4.09. The van der Waals surface area contributed by atoms with Crippen LogP contribution in [0.3, 0.4) is 0 Å². The molecule has 0 aliphatic carbocycles. The monoisotopic (exact) mass is 285 g/mol. The Morgan fingerprint density at radius 1 is 1.22 bits per heavy atom. The summed E-state index contributed by atoms with van der Waals surface area (Å²) in [5.74, 6) is -1.21. The van der Waals surface area contributed by atoms with Crippen LogP contribution in [0.2, 0.25) is 10.3 Å². The molecule has 2 heterocycles. The van der Waals surface area contributed by atoms with E-state index in [0.717, 1.165) is 12.3 Å².